The van der Waals surface area contributed by atoms with E-state index in [1.165, 1.54) is 12.8 Å². The molecule has 1 saturated carbocycles. The Bertz CT molecular complexity index is 1080. The molecule has 1 radical (unpaired) electrons. The highest BCUT2D eigenvalue weighted by Crippen LogP contribution is 2.18. The van der Waals surface area contributed by atoms with E-state index < -0.39 is 0 Å². The van der Waals surface area contributed by atoms with Crippen molar-refractivity contribution in [3.05, 3.63) is 83.8 Å². The van der Waals surface area contributed by atoms with Crippen LogP contribution in [-0.2, 0) is 11.2 Å². The second kappa shape index (κ2) is 10.7. The number of hydrogen-bond donors (Lipinski definition) is 2. The Hall–Kier alpha value is -3.74. The molecule has 0 aliphatic heterocycles. The minimum absolute atomic E-state index is 0.00565. The van der Waals surface area contributed by atoms with Gasteiger partial charge in [-0.15, -0.1) is 0 Å². The molecule has 1 fully saturated rings. The van der Waals surface area contributed by atoms with Gasteiger partial charge in [0.05, 0.1) is 6.54 Å². The number of likely N-dealkylation sites (N-methyl/N-ethyl adjacent to an activating group) is 1. The van der Waals surface area contributed by atoms with E-state index >= 15 is 0 Å². The van der Waals surface area contributed by atoms with Crippen LogP contribution in [0.25, 0.3) is 0 Å². The van der Waals surface area contributed by atoms with Gasteiger partial charge in [0.25, 0.3) is 5.91 Å². The van der Waals surface area contributed by atoms with Crippen LogP contribution in [0, 0.1) is 6.07 Å². The Labute approximate surface area is 194 Å². The molecule has 1 aliphatic rings. The van der Waals surface area contributed by atoms with E-state index in [1.54, 1.807) is 23.2 Å². The molecule has 7 nitrogen and oxygen atoms in total. The van der Waals surface area contributed by atoms with Crippen LogP contribution in [0.15, 0.2) is 60.8 Å². The average molecular weight is 443 g/mol. The summed E-state index contributed by atoms with van der Waals surface area (Å²) in [7, 11) is 1.83. The second-order valence-electron chi connectivity index (χ2n) is 8.35. The molecule has 0 atom stereocenters. The quantitative estimate of drug-likeness (QED) is 0.556. The number of amides is 2. The molecular formula is C26H28N5O2. The van der Waals surface area contributed by atoms with Crippen LogP contribution in [0.3, 0.4) is 0 Å². The van der Waals surface area contributed by atoms with Gasteiger partial charge in [-0.05, 0) is 42.7 Å². The topological polar surface area (TPSA) is 87.2 Å². The fourth-order valence-electron chi connectivity index (χ4n) is 3.94. The number of carbonyl (C=O) groups is 2. The van der Waals surface area contributed by atoms with Crippen molar-refractivity contribution in [1.29, 1.82) is 0 Å². The smallest absolute Gasteiger partial charge is 0.255 e. The summed E-state index contributed by atoms with van der Waals surface area (Å²) in [5.41, 5.74) is 2.36. The number of anilines is 2. The number of nitrogens with zero attached hydrogens (tertiary/aromatic N) is 3. The van der Waals surface area contributed by atoms with Crippen LogP contribution in [0.5, 0.6) is 0 Å². The van der Waals surface area contributed by atoms with E-state index in [4.69, 9.17) is 0 Å². The first-order valence-corrected chi connectivity index (χ1v) is 11.3. The summed E-state index contributed by atoms with van der Waals surface area (Å²) in [4.78, 5) is 35.3. The Morgan fingerprint density at radius 1 is 1.06 bits per heavy atom. The molecule has 7 heteroatoms. The van der Waals surface area contributed by atoms with Gasteiger partial charge in [0, 0.05) is 43.0 Å². The van der Waals surface area contributed by atoms with Crippen molar-refractivity contribution in [2.45, 2.75) is 38.1 Å². The first-order chi connectivity index (χ1) is 16.1. The molecule has 0 saturated heterocycles. The number of aromatic nitrogens is 2. The van der Waals surface area contributed by atoms with Crippen molar-refractivity contribution in [2.75, 3.05) is 23.8 Å². The zero-order chi connectivity index (χ0) is 23.0. The van der Waals surface area contributed by atoms with Gasteiger partial charge in [0.15, 0.2) is 0 Å². The standard InChI is InChI=1S/C26H28N5O2/c1-31(18-25(32)28-21-9-5-6-10-21)24-15-16-27-23(30-24)17-19-11-13-22(14-12-19)29-26(33)20-7-3-2-4-8-20/h2-4,7-8,11-14,16,21H,5-6,9-10,17-18H2,1H3,(H,28,32)(H,29,33). The molecule has 2 amide bonds. The fraction of sp³-hybridized carbons (Fsp3) is 0.308. The van der Waals surface area contributed by atoms with E-state index in [-0.39, 0.29) is 18.4 Å². The Morgan fingerprint density at radius 2 is 1.79 bits per heavy atom. The fourth-order valence-corrected chi connectivity index (χ4v) is 3.94. The molecule has 2 N–H and O–H groups in total. The summed E-state index contributed by atoms with van der Waals surface area (Å²) in [5, 5.41) is 5.99. The third-order valence-electron chi connectivity index (χ3n) is 5.71. The monoisotopic (exact) mass is 442 g/mol. The van der Waals surface area contributed by atoms with Crippen LogP contribution in [0.1, 0.15) is 47.4 Å². The predicted octanol–water partition coefficient (Wildman–Crippen LogP) is 3.61. The molecule has 1 heterocycles. The normalized spacial score (nSPS) is 13.5. The van der Waals surface area contributed by atoms with Crippen molar-refractivity contribution in [2.24, 2.45) is 0 Å². The molecule has 1 aromatic heterocycles. The van der Waals surface area contributed by atoms with E-state index in [0.29, 0.717) is 29.7 Å². The maximum atomic E-state index is 12.3. The lowest BCUT2D eigenvalue weighted by atomic mass is 10.1. The number of nitrogens with one attached hydrogen (secondary N) is 2. The van der Waals surface area contributed by atoms with E-state index in [9.17, 15) is 9.59 Å². The Morgan fingerprint density at radius 3 is 2.52 bits per heavy atom. The van der Waals surface area contributed by atoms with Crippen molar-refractivity contribution in [3.63, 3.8) is 0 Å². The zero-order valence-corrected chi connectivity index (χ0v) is 18.8. The van der Waals surface area contributed by atoms with Crippen molar-refractivity contribution >= 4 is 23.3 Å². The van der Waals surface area contributed by atoms with Gasteiger partial charge in [0.2, 0.25) is 5.91 Å². The van der Waals surface area contributed by atoms with Crippen LogP contribution in [0.2, 0.25) is 0 Å². The maximum absolute atomic E-state index is 12.3. The number of carbonyl (C=O) groups excluding carboxylic acids is 2. The molecule has 2 aromatic carbocycles. The Balaban J connectivity index is 1.33. The molecule has 0 bridgehead atoms. The first-order valence-electron chi connectivity index (χ1n) is 11.3. The van der Waals surface area contributed by atoms with E-state index in [2.05, 4.69) is 26.7 Å². The highest BCUT2D eigenvalue weighted by Gasteiger charge is 2.18. The van der Waals surface area contributed by atoms with Crippen molar-refractivity contribution in [1.82, 2.24) is 15.3 Å². The highest BCUT2D eigenvalue weighted by atomic mass is 16.2. The lowest BCUT2D eigenvalue weighted by Gasteiger charge is -2.19. The lowest BCUT2D eigenvalue weighted by molar-refractivity contribution is -0.120. The van der Waals surface area contributed by atoms with Gasteiger partial charge in [-0.25, -0.2) is 9.97 Å². The SMILES string of the molecule is CN(CC(=O)NC1CCCC1)c1[c]cnc(Cc2ccc(NC(=O)c3ccccc3)cc2)n1. The van der Waals surface area contributed by atoms with Gasteiger partial charge < -0.3 is 15.5 Å². The predicted molar refractivity (Wildman–Crippen MR) is 128 cm³/mol. The summed E-state index contributed by atoms with van der Waals surface area (Å²) in [5.74, 6) is 1.10. The van der Waals surface area contributed by atoms with Crippen molar-refractivity contribution in [3.8, 4) is 0 Å². The largest absolute Gasteiger partial charge is 0.352 e. The number of benzene rings is 2. The molecule has 169 valence electrons. The third kappa shape index (κ3) is 6.38. The lowest BCUT2D eigenvalue weighted by Crippen LogP contribution is -2.40. The van der Waals surface area contributed by atoms with Crippen molar-refractivity contribution < 1.29 is 9.59 Å². The van der Waals surface area contributed by atoms with Gasteiger partial charge in [-0.1, -0.05) is 43.2 Å². The molecule has 0 unspecified atom stereocenters. The summed E-state index contributed by atoms with van der Waals surface area (Å²) in [6.45, 7) is 0.235. The van der Waals surface area contributed by atoms with Crippen LogP contribution >= 0.6 is 0 Å². The molecule has 33 heavy (non-hydrogen) atoms. The van der Waals surface area contributed by atoms with E-state index in [0.717, 1.165) is 24.1 Å². The summed E-state index contributed by atoms with van der Waals surface area (Å²) >= 11 is 0. The van der Waals surface area contributed by atoms with Crippen LogP contribution in [0.4, 0.5) is 11.5 Å². The van der Waals surface area contributed by atoms with Gasteiger partial charge in [-0.3, -0.25) is 9.59 Å². The average Bonchev–Trinajstić information content (AvgIpc) is 3.34. The zero-order valence-electron chi connectivity index (χ0n) is 18.8. The first kappa shape index (κ1) is 22.5. The van der Waals surface area contributed by atoms with Gasteiger partial charge in [0.1, 0.15) is 11.6 Å². The third-order valence-corrected chi connectivity index (χ3v) is 5.71. The molecule has 1 aliphatic carbocycles. The molecule has 4 rings (SSSR count). The molecule has 0 spiro atoms. The summed E-state index contributed by atoms with van der Waals surface area (Å²) in [6, 6.07) is 20.0. The number of rotatable bonds is 8. The van der Waals surface area contributed by atoms with Crippen LogP contribution < -0.4 is 15.5 Å². The maximum Gasteiger partial charge on any atom is 0.255 e. The molecular weight excluding hydrogens is 414 g/mol. The summed E-state index contributed by atoms with van der Waals surface area (Å²) in [6.07, 6.45) is 6.63. The number of hydrogen-bond acceptors (Lipinski definition) is 5. The van der Waals surface area contributed by atoms with Crippen LogP contribution in [-0.4, -0.2) is 41.4 Å². The minimum Gasteiger partial charge on any atom is -0.352 e. The Kier molecular flexibility index (Phi) is 7.29. The summed E-state index contributed by atoms with van der Waals surface area (Å²) < 4.78 is 0. The van der Waals surface area contributed by atoms with Gasteiger partial charge in [-0.2, -0.15) is 0 Å². The highest BCUT2D eigenvalue weighted by molar-refractivity contribution is 6.04. The van der Waals surface area contributed by atoms with E-state index in [1.807, 2.05) is 49.5 Å². The molecule has 3 aromatic rings. The second-order valence-corrected chi connectivity index (χ2v) is 8.35. The minimum atomic E-state index is -0.144. The van der Waals surface area contributed by atoms with Gasteiger partial charge >= 0.3 is 0 Å².